The van der Waals surface area contributed by atoms with E-state index in [1.807, 2.05) is 21.1 Å². The number of unbranched alkanes of at least 4 members (excludes halogenated alkanes) is 36. The molecule has 0 bridgehead atoms. The average Bonchev–Trinajstić information content (AvgIpc) is 3.28. The van der Waals surface area contributed by atoms with Crippen molar-refractivity contribution < 1.29 is 32.9 Å². The minimum Gasteiger partial charge on any atom is -0.391 e. The molecule has 0 saturated carbocycles. The minimum absolute atomic E-state index is 0.0750. The van der Waals surface area contributed by atoms with Crippen molar-refractivity contribution in [3.8, 4) is 0 Å². The van der Waals surface area contributed by atoms with E-state index < -0.39 is 20.0 Å². The molecule has 0 aromatic heterocycles. The van der Waals surface area contributed by atoms with Crippen molar-refractivity contribution in [3.05, 3.63) is 24.3 Å². The molecule has 9 heteroatoms. The third-order valence-corrected chi connectivity index (χ3v) is 14.2. The van der Waals surface area contributed by atoms with Gasteiger partial charge in [0, 0.05) is 6.42 Å². The summed E-state index contributed by atoms with van der Waals surface area (Å²) >= 11 is 0. The Labute approximate surface area is 411 Å². The molecule has 0 fully saturated rings. The summed E-state index contributed by atoms with van der Waals surface area (Å²) < 4.78 is 23.8. The molecule has 0 aliphatic heterocycles. The third-order valence-electron chi connectivity index (χ3n) is 13.2. The van der Waals surface area contributed by atoms with Crippen LogP contribution in [0.15, 0.2) is 24.3 Å². The zero-order valence-corrected chi connectivity index (χ0v) is 45.6. The van der Waals surface area contributed by atoms with E-state index in [4.69, 9.17) is 9.05 Å². The van der Waals surface area contributed by atoms with E-state index in [9.17, 15) is 19.4 Å². The highest BCUT2D eigenvalue weighted by atomic mass is 31.2. The van der Waals surface area contributed by atoms with E-state index in [2.05, 4.69) is 43.5 Å². The lowest BCUT2D eigenvalue weighted by Crippen LogP contribution is -2.46. The lowest BCUT2D eigenvalue weighted by atomic mass is 10.0. The summed E-state index contributed by atoms with van der Waals surface area (Å²) in [6, 6.07) is -0.762. The maximum atomic E-state index is 13.0. The van der Waals surface area contributed by atoms with E-state index in [-0.39, 0.29) is 19.1 Å². The van der Waals surface area contributed by atoms with Crippen LogP contribution in [0.5, 0.6) is 0 Å². The van der Waals surface area contributed by atoms with Crippen molar-refractivity contribution in [2.75, 3.05) is 40.9 Å². The van der Waals surface area contributed by atoms with Crippen molar-refractivity contribution in [2.24, 2.45) is 0 Å². The normalized spacial score (nSPS) is 14.1. The fourth-order valence-corrected chi connectivity index (χ4v) is 9.40. The third kappa shape index (κ3) is 50.8. The highest BCUT2D eigenvalue weighted by Crippen LogP contribution is 2.43. The lowest BCUT2D eigenvalue weighted by molar-refractivity contribution is -0.870. The first kappa shape index (κ1) is 65.0. The van der Waals surface area contributed by atoms with Crippen LogP contribution in [-0.4, -0.2) is 73.4 Å². The van der Waals surface area contributed by atoms with Crippen LogP contribution in [-0.2, 0) is 18.4 Å². The SMILES string of the molecule is CCCCCCCCCCC/C=C\C/C=C\CCCCCCCCCCCC(=O)NC(COP(=O)(O)OCC[N+](C)(C)C)C(O)CCCCCCCCCCCCCCCCCCCCC. The van der Waals surface area contributed by atoms with Crippen molar-refractivity contribution in [2.45, 2.75) is 296 Å². The number of hydrogen-bond donors (Lipinski definition) is 3. The first-order valence-corrected chi connectivity index (χ1v) is 30.2. The Bertz CT molecular complexity index is 1130. The lowest BCUT2D eigenvalue weighted by Gasteiger charge is -2.26. The molecule has 0 saturated heterocycles. The maximum absolute atomic E-state index is 13.0. The van der Waals surface area contributed by atoms with E-state index in [1.165, 1.54) is 212 Å². The summed E-state index contributed by atoms with van der Waals surface area (Å²) in [5.74, 6) is -0.145. The molecule has 0 aliphatic carbocycles. The highest BCUT2D eigenvalue weighted by molar-refractivity contribution is 7.47. The minimum atomic E-state index is -4.32. The van der Waals surface area contributed by atoms with Gasteiger partial charge in [0.15, 0.2) is 0 Å². The summed E-state index contributed by atoms with van der Waals surface area (Å²) in [6.45, 7) is 4.92. The predicted molar refractivity (Wildman–Crippen MR) is 286 cm³/mol. The molecular formula is C57H114N2O6P+. The van der Waals surface area contributed by atoms with Gasteiger partial charge >= 0.3 is 7.82 Å². The molecule has 0 radical (unpaired) electrons. The molecule has 66 heavy (non-hydrogen) atoms. The number of carbonyl (C=O) groups excluding carboxylic acids is 1. The monoisotopic (exact) mass is 954 g/mol. The number of rotatable bonds is 53. The molecule has 0 spiro atoms. The second-order valence-electron chi connectivity index (χ2n) is 21.0. The van der Waals surface area contributed by atoms with Gasteiger partial charge in [-0.1, -0.05) is 256 Å². The summed E-state index contributed by atoms with van der Waals surface area (Å²) in [4.78, 5) is 23.3. The Hall–Kier alpha value is -1.02. The average molecular weight is 955 g/mol. The van der Waals surface area contributed by atoms with Crippen LogP contribution in [0.4, 0.5) is 0 Å². The van der Waals surface area contributed by atoms with E-state index >= 15 is 0 Å². The topological polar surface area (TPSA) is 105 Å². The largest absolute Gasteiger partial charge is 0.472 e. The number of phosphoric acid groups is 1. The second kappa shape index (κ2) is 49.0. The zero-order chi connectivity index (χ0) is 48.5. The molecule has 8 nitrogen and oxygen atoms in total. The summed E-state index contributed by atoms with van der Waals surface area (Å²) in [7, 11) is 1.62. The van der Waals surface area contributed by atoms with Gasteiger partial charge in [0.05, 0.1) is 39.9 Å². The van der Waals surface area contributed by atoms with Crippen LogP contribution >= 0.6 is 7.82 Å². The van der Waals surface area contributed by atoms with Crippen molar-refractivity contribution >= 4 is 13.7 Å². The van der Waals surface area contributed by atoms with Gasteiger partial charge < -0.3 is 19.8 Å². The van der Waals surface area contributed by atoms with Crippen LogP contribution in [0, 0.1) is 0 Å². The van der Waals surface area contributed by atoms with E-state index in [0.717, 1.165) is 44.9 Å². The van der Waals surface area contributed by atoms with Crippen molar-refractivity contribution in [3.63, 3.8) is 0 Å². The molecule has 3 unspecified atom stereocenters. The van der Waals surface area contributed by atoms with Crippen molar-refractivity contribution in [1.82, 2.24) is 5.32 Å². The Morgan fingerprint density at radius 3 is 1.24 bits per heavy atom. The first-order valence-electron chi connectivity index (χ1n) is 28.7. The number of aliphatic hydroxyl groups excluding tert-OH is 1. The number of quaternary nitrogens is 1. The number of amides is 1. The quantitative estimate of drug-likeness (QED) is 0.0243. The van der Waals surface area contributed by atoms with E-state index in [0.29, 0.717) is 23.9 Å². The molecule has 392 valence electrons. The molecular weight excluding hydrogens is 840 g/mol. The van der Waals surface area contributed by atoms with Crippen LogP contribution in [0.3, 0.4) is 0 Å². The van der Waals surface area contributed by atoms with Gasteiger partial charge in [0.25, 0.3) is 0 Å². The number of phosphoric ester groups is 1. The first-order chi connectivity index (χ1) is 32.0. The number of carbonyl (C=O) groups is 1. The number of aliphatic hydroxyl groups is 1. The van der Waals surface area contributed by atoms with Gasteiger partial charge in [-0.2, -0.15) is 0 Å². The number of nitrogens with one attached hydrogen (secondary N) is 1. The zero-order valence-electron chi connectivity index (χ0n) is 44.7. The Balaban J connectivity index is 4.17. The molecule has 0 aliphatic rings. The predicted octanol–water partition coefficient (Wildman–Crippen LogP) is 17.2. The molecule has 3 N–H and O–H groups in total. The Morgan fingerprint density at radius 1 is 0.515 bits per heavy atom. The van der Waals surface area contributed by atoms with Gasteiger partial charge in [-0.3, -0.25) is 13.8 Å². The molecule has 1 amide bonds. The molecule has 0 rings (SSSR count). The standard InChI is InChI=1S/C57H113N2O6P/c1-6-8-10-12-14-16-18-20-22-24-26-27-28-29-30-31-33-35-37-39-41-43-45-47-49-51-57(61)58-55(54-65-66(62,63)64-53-52-59(3,4)5)56(60)50-48-46-44-42-40-38-36-34-32-25-23-21-19-17-15-13-11-9-7-2/h26-27,29-30,55-56,60H,6-25,28,31-54H2,1-5H3,(H-,58,61,62,63)/p+1/b27-26-,30-29-. The molecule has 3 atom stereocenters. The van der Waals surface area contributed by atoms with E-state index in [1.54, 1.807) is 0 Å². The maximum Gasteiger partial charge on any atom is 0.472 e. The summed E-state index contributed by atoms with van der Waals surface area (Å²) in [5.41, 5.74) is 0. The second-order valence-corrected chi connectivity index (χ2v) is 22.5. The molecule has 0 heterocycles. The number of nitrogens with zero attached hydrogens (tertiary/aromatic N) is 1. The number of likely N-dealkylation sites (N-methyl/N-ethyl adjacent to an activating group) is 1. The van der Waals surface area contributed by atoms with Crippen LogP contribution in [0.1, 0.15) is 284 Å². The molecule has 0 aromatic carbocycles. The van der Waals surface area contributed by atoms with Gasteiger partial charge in [0.1, 0.15) is 13.2 Å². The fourth-order valence-electron chi connectivity index (χ4n) is 8.67. The van der Waals surface area contributed by atoms with Crippen LogP contribution in [0.25, 0.3) is 0 Å². The highest BCUT2D eigenvalue weighted by Gasteiger charge is 2.28. The van der Waals surface area contributed by atoms with Crippen molar-refractivity contribution in [1.29, 1.82) is 0 Å². The van der Waals surface area contributed by atoms with Crippen LogP contribution < -0.4 is 5.32 Å². The number of allylic oxidation sites excluding steroid dienone is 4. The van der Waals surface area contributed by atoms with Crippen LogP contribution in [0.2, 0.25) is 0 Å². The molecule has 0 aromatic rings. The summed E-state index contributed by atoms with van der Waals surface area (Å²) in [5, 5.41) is 14.1. The summed E-state index contributed by atoms with van der Waals surface area (Å²) in [6.07, 6.45) is 60.8. The van der Waals surface area contributed by atoms with Gasteiger partial charge in [-0.15, -0.1) is 0 Å². The van der Waals surface area contributed by atoms with Gasteiger partial charge in [-0.05, 0) is 44.9 Å². The fraction of sp³-hybridized carbons (Fsp3) is 0.912. The smallest absolute Gasteiger partial charge is 0.391 e. The number of hydrogen-bond acceptors (Lipinski definition) is 5. The van der Waals surface area contributed by atoms with Gasteiger partial charge in [-0.25, -0.2) is 4.57 Å². The van der Waals surface area contributed by atoms with Gasteiger partial charge in [0.2, 0.25) is 5.91 Å². The Morgan fingerprint density at radius 2 is 0.864 bits per heavy atom. The Kier molecular flexibility index (Phi) is 48.2.